The molecule has 0 saturated carbocycles. The van der Waals surface area contributed by atoms with Gasteiger partial charge < -0.3 is 55.1 Å². The molecule has 7 aromatic rings. The van der Waals surface area contributed by atoms with Crippen LogP contribution in [0.1, 0.15) is 82.9 Å². The van der Waals surface area contributed by atoms with Gasteiger partial charge in [-0.25, -0.2) is 0 Å². The minimum Gasteiger partial charge on any atom is -0.494 e. The van der Waals surface area contributed by atoms with Crippen LogP contribution in [-0.4, -0.2) is 153 Å². The highest BCUT2D eigenvalue weighted by Gasteiger charge is 2.29. The molecule has 2 saturated heterocycles. The minimum atomic E-state index is -4.75. The van der Waals surface area contributed by atoms with E-state index < -0.39 is 53.4 Å². The zero-order chi connectivity index (χ0) is 70.5. The number of fused-ring (bicyclic) bond motifs is 4. The Morgan fingerprint density at radius 1 is 0.657 bits per heavy atom. The molecule has 3 aromatic heterocycles. The van der Waals surface area contributed by atoms with Crippen LogP contribution < -0.4 is 50.3 Å². The van der Waals surface area contributed by atoms with E-state index in [1.165, 1.54) is 81.3 Å². The van der Waals surface area contributed by atoms with E-state index in [1.807, 2.05) is 47.6 Å². The molecule has 2 fully saturated rings. The highest BCUT2D eigenvalue weighted by atomic mass is 32.2. The molecule has 99 heavy (non-hydrogen) atoms. The van der Waals surface area contributed by atoms with Gasteiger partial charge in [0.15, 0.2) is 16.7 Å². The van der Waals surface area contributed by atoms with Gasteiger partial charge in [0.05, 0.1) is 75.9 Å². The Kier molecular flexibility index (Phi) is 23.8. The number of para-hydroxylation sites is 2. The third kappa shape index (κ3) is 17.9. The van der Waals surface area contributed by atoms with Gasteiger partial charge >= 0.3 is 0 Å². The van der Waals surface area contributed by atoms with Gasteiger partial charge in [-0.3, -0.25) is 28.3 Å². The maximum absolute atomic E-state index is 13.9. The molecule has 0 atom stereocenters. The lowest BCUT2D eigenvalue weighted by Gasteiger charge is -2.27. The van der Waals surface area contributed by atoms with E-state index in [2.05, 4.69) is 36.4 Å². The Morgan fingerprint density at radius 2 is 1.17 bits per heavy atom. The monoisotopic (exact) mass is 1450 g/mol. The summed E-state index contributed by atoms with van der Waals surface area (Å²) < 4.78 is 86.9. The predicted molar refractivity (Wildman–Crippen MR) is 382 cm³/mol. The van der Waals surface area contributed by atoms with Crippen LogP contribution in [0.5, 0.6) is 11.5 Å². The van der Waals surface area contributed by atoms with E-state index in [9.17, 15) is 45.1 Å². The molecule has 4 bridgehead atoms. The van der Waals surface area contributed by atoms with E-state index >= 15 is 0 Å². The van der Waals surface area contributed by atoms with Crippen molar-refractivity contribution < 1.29 is 59.3 Å². The number of aromatic nitrogens is 5. The number of carbonyl (C=O) groups excluding carboxylic acids is 4. The van der Waals surface area contributed by atoms with E-state index in [1.54, 1.807) is 19.2 Å². The van der Waals surface area contributed by atoms with Gasteiger partial charge in [-0.15, -0.1) is 20.5 Å². The maximum Gasteiger partial charge on any atom is 0.296 e. The number of benzene rings is 4. The topological polar surface area (TPSA) is 380 Å². The van der Waals surface area contributed by atoms with Crippen LogP contribution in [0.25, 0.3) is 12.2 Å². The molecule has 35 heteroatoms. The summed E-state index contributed by atoms with van der Waals surface area (Å²) in [6.07, 6.45) is 8.21. The fourth-order valence-corrected chi connectivity index (χ4v) is 14.7. The maximum atomic E-state index is 13.9. The lowest BCUT2D eigenvalue weighted by molar-refractivity contribution is -0.120. The Labute approximate surface area is 584 Å². The van der Waals surface area contributed by atoms with Crippen molar-refractivity contribution >= 4 is 169 Å². The number of anilines is 10. The summed E-state index contributed by atoms with van der Waals surface area (Å²) in [5, 5.41) is 31.2. The number of azo groups is 2. The zero-order valence-electron chi connectivity index (χ0n) is 55.1. The molecule has 4 aromatic carbocycles. The smallest absolute Gasteiger partial charge is 0.296 e. The van der Waals surface area contributed by atoms with Crippen molar-refractivity contribution in [2.45, 2.75) is 88.1 Å². The first-order valence-electron chi connectivity index (χ1n) is 31.6. The molecular formula is C64H73N17O13S5. The highest BCUT2D eigenvalue weighted by Crippen LogP contribution is 2.45. The molecule has 522 valence electrons. The van der Waals surface area contributed by atoms with E-state index in [-0.39, 0.29) is 62.8 Å². The Bertz CT molecular complexity index is 4550. The van der Waals surface area contributed by atoms with E-state index in [0.29, 0.717) is 119 Å². The Hall–Kier alpha value is -9.36. The normalized spacial score (nSPS) is 15.0. The van der Waals surface area contributed by atoms with Crippen LogP contribution in [0, 0.1) is 0 Å². The summed E-state index contributed by atoms with van der Waals surface area (Å²) in [6.45, 7) is 13.2. The van der Waals surface area contributed by atoms with Crippen molar-refractivity contribution in [3.8, 4) is 11.5 Å². The van der Waals surface area contributed by atoms with Gasteiger partial charge in [-0.05, 0) is 122 Å². The summed E-state index contributed by atoms with van der Waals surface area (Å²) >= 11 is 3.47. The van der Waals surface area contributed by atoms with Crippen LogP contribution in [0.15, 0.2) is 119 Å². The highest BCUT2D eigenvalue weighted by molar-refractivity contribution is 7.99. The van der Waals surface area contributed by atoms with Gasteiger partial charge in [0.1, 0.15) is 51.0 Å². The fourth-order valence-electron chi connectivity index (χ4n) is 11.0. The molecule has 3 aliphatic rings. The number of thiazole rings is 2. The minimum absolute atomic E-state index is 0.0863. The number of carbonyl (C=O) groups is 4. The summed E-state index contributed by atoms with van der Waals surface area (Å²) in [5.41, 5.74) is 1.58. The second-order valence-electron chi connectivity index (χ2n) is 22.5. The summed E-state index contributed by atoms with van der Waals surface area (Å²) in [7, 11) is -6.41. The predicted octanol–water partition coefficient (Wildman–Crippen LogP) is 12.6. The van der Waals surface area contributed by atoms with Gasteiger partial charge in [0, 0.05) is 63.7 Å². The van der Waals surface area contributed by atoms with Crippen LogP contribution in [0.2, 0.25) is 0 Å². The van der Waals surface area contributed by atoms with Crippen molar-refractivity contribution in [1.29, 1.82) is 0 Å². The lowest BCUT2D eigenvalue weighted by Crippen LogP contribution is -2.30. The molecule has 6 heterocycles. The van der Waals surface area contributed by atoms with E-state index in [0.717, 1.165) is 73.3 Å². The molecule has 0 aliphatic carbocycles. The summed E-state index contributed by atoms with van der Waals surface area (Å²) in [5.74, 6) is -0.640. The number of nitrogens with zero attached hydrogens (tertiary/aromatic N) is 13. The number of hydrogen-bond donors (Lipinski definition) is 6. The second kappa shape index (κ2) is 32.5. The number of hydrogen-bond acceptors (Lipinski definition) is 29. The number of nitrogens with one attached hydrogen (secondary N) is 4. The number of Topliss-reactive ketones (excluding diaryl/α,β-unsaturated/α-hetero) is 2. The number of piperidine rings is 2. The molecule has 10 rings (SSSR count). The van der Waals surface area contributed by atoms with Crippen LogP contribution in [0.3, 0.4) is 0 Å². The van der Waals surface area contributed by atoms with Crippen molar-refractivity contribution in [3.05, 3.63) is 93.7 Å². The van der Waals surface area contributed by atoms with Crippen molar-refractivity contribution in [2.75, 3.05) is 120 Å². The fraction of sp³-hybridized carbons (Fsp3) is 0.359. The quantitative estimate of drug-likeness (QED) is 0.0108. The first kappa shape index (κ1) is 72.4. The number of amides is 2. The van der Waals surface area contributed by atoms with Crippen LogP contribution in [0.4, 0.5) is 79.3 Å². The van der Waals surface area contributed by atoms with Crippen LogP contribution in [-0.2, 0) is 44.2 Å². The van der Waals surface area contributed by atoms with Crippen LogP contribution >= 0.6 is 34.4 Å². The Morgan fingerprint density at radius 3 is 1.67 bits per heavy atom. The molecule has 30 nitrogen and oxygen atoms in total. The number of ketones is 2. The van der Waals surface area contributed by atoms with Gasteiger partial charge in [0.2, 0.25) is 22.2 Å². The van der Waals surface area contributed by atoms with Gasteiger partial charge in [0.25, 0.3) is 32.1 Å². The number of methoxy groups -OCH3 is 2. The summed E-state index contributed by atoms with van der Waals surface area (Å²) in [4.78, 5) is 86.7. The second-order valence-corrected chi connectivity index (χ2v) is 28.3. The van der Waals surface area contributed by atoms with E-state index in [4.69, 9.17) is 49.4 Å². The first-order chi connectivity index (χ1) is 47.5. The third-order valence-electron chi connectivity index (χ3n) is 15.9. The number of thioether (sulfide) groups is 1. The SMILES string of the molecule is CCN(CC)c1cc(Nc2nc3nc(n2)SCCOCN(CC)c2cc(c(N=Nc4nc(N5CCCCC5)c(/C=C(\C(C)=O)C(=O)Nc5ccccc5S(=O)(=O)O)s4)cc2OC)N3)c(N=Nc2nc(N3CCCCC3)c(/C=C(/C(C)=O)C(=O)Nc3ccccc3S(=O)(=O)O)s2)cc1OC. The molecular weight excluding hydrogens is 1380 g/mol. The van der Waals surface area contributed by atoms with Crippen molar-refractivity contribution in [1.82, 2.24) is 24.9 Å². The first-order valence-corrected chi connectivity index (χ1v) is 37.1. The Balaban J connectivity index is 1.03. The molecule has 3 aliphatic heterocycles. The largest absolute Gasteiger partial charge is 0.494 e. The van der Waals surface area contributed by atoms with Gasteiger partial charge in [-0.2, -0.15) is 41.8 Å². The molecule has 6 N–H and O–H groups in total. The summed E-state index contributed by atoms with van der Waals surface area (Å²) in [6, 6.07) is 17.6. The number of rotatable bonds is 24. The zero-order valence-corrected chi connectivity index (χ0v) is 59.2. The lowest BCUT2D eigenvalue weighted by atomic mass is 10.1. The van der Waals surface area contributed by atoms with Crippen molar-refractivity contribution in [2.24, 2.45) is 20.5 Å². The van der Waals surface area contributed by atoms with Crippen molar-refractivity contribution in [3.63, 3.8) is 0 Å². The number of ether oxygens (including phenoxy) is 3. The standard InChI is InChI=1S/C64H73N17O13S5/c1-8-78(9-2)48-33-44(46(35-50(48)92-6)74-76-63-69-56(80-25-17-11-18-26-80)52(96-63)31-40(38(4)82)58(84)65-42-21-13-15-23-54(42)98(86,87)88)67-60-71-61-68-45-34-49(79(10-3)37-94-29-30-95-62(72-60)73-61)51(93-7)36-47(45)75-77-64-70-57(81-27-19-12-20-28-81)53(97-64)32-41(39(5)83)59(85)66-43-22-14-16-24-55(43)99(89,90)91/h13-16,21-24,31-36H,8-12,17-20,25-30,37H2,1-7H3,(H,65,84)(H,66,85)(H,86,87,88)(H,89,90,91)(H2,67,68,71,72,73)/b40-31-,41-32+,76-74?,77-75?. The van der Waals surface area contributed by atoms with Gasteiger partial charge in [-0.1, -0.05) is 58.7 Å². The molecule has 0 unspecified atom stereocenters. The average Bonchev–Trinajstić information content (AvgIpc) is 1.84. The average molecular weight is 1450 g/mol. The molecule has 0 spiro atoms. The third-order valence-corrected chi connectivity index (χ3v) is 20.3. The molecule has 2 amide bonds. The molecule has 0 radical (unpaired) electrons.